The third-order valence-electron chi connectivity index (χ3n) is 12.3. The number of benzene rings is 3. The number of hydrogen-bond acceptors (Lipinski definition) is 11. The summed E-state index contributed by atoms with van der Waals surface area (Å²) in [7, 11) is -6.39. The van der Waals surface area contributed by atoms with E-state index in [0.717, 1.165) is 35.9 Å². The Hall–Kier alpha value is -2.11. The zero-order valence-corrected chi connectivity index (χ0v) is 48.7. The van der Waals surface area contributed by atoms with E-state index in [-0.39, 0.29) is 11.9 Å². The second kappa shape index (κ2) is 25.9. The highest BCUT2D eigenvalue weighted by molar-refractivity contribution is 6.71. The number of allylic oxidation sites excluding steroid dienone is 2. The Balaban J connectivity index is 1.44. The third-order valence-corrected chi connectivity index (χ3v) is 16.3. The molecule has 0 amide bonds. The Labute approximate surface area is 426 Å². The maximum Gasteiger partial charge on any atom is 0.187 e. The van der Waals surface area contributed by atoms with Crippen LogP contribution in [0.15, 0.2) is 103 Å². The molecule has 3 fully saturated rings. The predicted molar refractivity (Wildman–Crippen MR) is 290 cm³/mol. The quantitative estimate of drug-likeness (QED) is 0.0414. The van der Waals surface area contributed by atoms with Crippen LogP contribution in [0.5, 0.6) is 0 Å². The molecule has 3 aliphatic rings. The van der Waals surface area contributed by atoms with Crippen LogP contribution in [0.1, 0.15) is 42.9 Å². The van der Waals surface area contributed by atoms with E-state index in [1.54, 1.807) is 0 Å². The second-order valence-electron chi connectivity index (χ2n) is 23.2. The molecule has 387 valence electrons. The summed E-state index contributed by atoms with van der Waals surface area (Å²) in [6.45, 7) is 30.5. The Morgan fingerprint density at radius 2 is 1.01 bits per heavy atom. The average molecular weight is 1030 g/mol. The summed E-state index contributed by atoms with van der Waals surface area (Å²) in [6.07, 6.45) is 1.86. The summed E-state index contributed by atoms with van der Waals surface area (Å²) in [4.78, 5) is 0. The lowest BCUT2D eigenvalue weighted by Crippen LogP contribution is -2.69. The van der Waals surface area contributed by atoms with Crippen molar-refractivity contribution in [2.75, 3.05) is 19.8 Å². The van der Waals surface area contributed by atoms with Crippen molar-refractivity contribution in [2.45, 2.75) is 198 Å². The Kier molecular flexibility index (Phi) is 21.2. The van der Waals surface area contributed by atoms with E-state index in [1.165, 1.54) is 6.42 Å². The van der Waals surface area contributed by atoms with Gasteiger partial charge in [-0.05, 0) is 107 Å². The zero-order chi connectivity index (χ0) is 50.6. The van der Waals surface area contributed by atoms with Crippen molar-refractivity contribution in [1.29, 1.82) is 0 Å². The van der Waals surface area contributed by atoms with E-state index in [1.807, 2.05) is 54.6 Å². The van der Waals surface area contributed by atoms with Crippen LogP contribution in [0, 0.1) is 0 Å². The van der Waals surface area contributed by atoms with E-state index < -0.39 is 94.7 Å². The molecule has 2 saturated heterocycles. The molecule has 0 spiro atoms. The van der Waals surface area contributed by atoms with Gasteiger partial charge in [-0.3, -0.25) is 0 Å². The Morgan fingerprint density at radius 1 is 0.529 bits per heavy atom. The maximum atomic E-state index is 7.57. The Morgan fingerprint density at radius 3 is 1.51 bits per heavy atom. The van der Waals surface area contributed by atoms with Gasteiger partial charge in [0, 0.05) is 6.61 Å². The molecule has 1 saturated carbocycles. The SMILES string of the molecule is C/C=C\C1([B]CCO[C@H]2OC(COCc3ccccc3)[C@@H](OCc3ccccc3)C(OCc3ccccc3)C2O[C@H]2OC(CO[Si](C)(C)C)C(O[Si](C)(C)C)C(O[Si](C)(C)C)C2O[Si](C)(C)C)CCC1. The fourth-order valence-electron chi connectivity index (χ4n) is 9.20. The van der Waals surface area contributed by atoms with Gasteiger partial charge in [0.05, 0.1) is 33.0 Å². The minimum atomic E-state index is -2.33. The maximum absolute atomic E-state index is 7.57. The van der Waals surface area contributed by atoms with E-state index in [0.29, 0.717) is 33.0 Å². The Bertz CT molecular complexity index is 1990. The van der Waals surface area contributed by atoms with Crippen LogP contribution in [-0.2, 0) is 70.7 Å². The lowest BCUT2D eigenvalue weighted by atomic mass is 9.42. The minimum Gasteiger partial charge on any atom is -0.415 e. The monoisotopic (exact) mass is 1030 g/mol. The van der Waals surface area contributed by atoms with Crippen molar-refractivity contribution in [1.82, 2.24) is 0 Å². The lowest BCUT2D eigenvalue weighted by Gasteiger charge is -2.53. The van der Waals surface area contributed by atoms with Crippen LogP contribution in [0.25, 0.3) is 0 Å². The highest BCUT2D eigenvalue weighted by atomic mass is 28.4. The standard InChI is InChI=1S/C54H86BO11Si4/c1-14-31-54(32-24-33-54)55-34-35-57-52-50(63-53-51(66-70(11,12)13)49(65-69(8,9)10)47(64-68(5,6)7)45(62-53)40-60-67(2,3)4)48(59-38-43-29-22-17-23-30-43)46(58-37-42-27-20-16-21-28-42)44(61-52)39-56-36-41-25-18-15-19-26-41/h14-23,25-31,44-53H,24,32-40H2,1-13H3/b31-14-/t44?,45?,46-,47?,48?,49?,50?,51?,52+,53-/m1/s1. The van der Waals surface area contributed by atoms with E-state index in [2.05, 4.69) is 141 Å². The summed E-state index contributed by atoms with van der Waals surface area (Å²) < 4.78 is 78.1. The smallest absolute Gasteiger partial charge is 0.187 e. The summed E-state index contributed by atoms with van der Waals surface area (Å²) in [6, 6.07) is 30.6. The number of hydrogen-bond donors (Lipinski definition) is 0. The molecule has 70 heavy (non-hydrogen) atoms. The van der Waals surface area contributed by atoms with Crippen molar-refractivity contribution in [3.63, 3.8) is 0 Å². The first-order chi connectivity index (χ1) is 33.1. The van der Waals surface area contributed by atoms with Gasteiger partial charge in [-0.2, -0.15) is 0 Å². The van der Waals surface area contributed by atoms with E-state index >= 15 is 0 Å². The fraction of sp³-hybridized carbons (Fsp3) is 0.630. The molecule has 7 unspecified atom stereocenters. The van der Waals surface area contributed by atoms with Crippen molar-refractivity contribution in [2.24, 2.45) is 0 Å². The summed E-state index contributed by atoms with van der Waals surface area (Å²) in [5.74, 6) is 0. The van der Waals surface area contributed by atoms with Crippen molar-refractivity contribution in [3.05, 3.63) is 120 Å². The predicted octanol–water partition coefficient (Wildman–Crippen LogP) is 11.8. The summed E-state index contributed by atoms with van der Waals surface area (Å²) >= 11 is 0. The highest BCUT2D eigenvalue weighted by Gasteiger charge is 2.56. The van der Waals surface area contributed by atoms with Crippen LogP contribution in [-0.4, -0.2) is 122 Å². The number of rotatable bonds is 27. The van der Waals surface area contributed by atoms with E-state index in [9.17, 15) is 0 Å². The molecule has 11 nitrogen and oxygen atoms in total. The molecule has 0 bridgehead atoms. The largest absolute Gasteiger partial charge is 0.415 e. The van der Waals surface area contributed by atoms with Gasteiger partial charge in [-0.15, -0.1) is 0 Å². The molecule has 3 aromatic rings. The van der Waals surface area contributed by atoms with Crippen LogP contribution in [0.4, 0.5) is 0 Å². The molecule has 0 aromatic heterocycles. The van der Waals surface area contributed by atoms with Gasteiger partial charge in [-0.25, -0.2) is 0 Å². The zero-order valence-electron chi connectivity index (χ0n) is 44.7. The van der Waals surface area contributed by atoms with Gasteiger partial charge >= 0.3 is 0 Å². The topological polar surface area (TPSA) is 102 Å². The van der Waals surface area contributed by atoms with E-state index in [4.69, 9.17) is 50.9 Å². The van der Waals surface area contributed by atoms with Crippen LogP contribution < -0.4 is 0 Å². The lowest BCUT2D eigenvalue weighted by molar-refractivity contribution is -0.371. The summed E-state index contributed by atoms with van der Waals surface area (Å²) in [5, 5.41) is 0.0944. The molecule has 10 atom stereocenters. The molecule has 1 aliphatic carbocycles. The first kappa shape index (κ1) is 57.2. The summed E-state index contributed by atoms with van der Waals surface area (Å²) in [5.41, 5.74) is 3.10. The van der Waals surface area contributed by atoms with Gasteiger partial charge in [0.15, 0.2) is 45.8 Å². The average Bonchev–Trinajstić information content (AvgIpc) is 3.27. The van der Waals surface area contributed by atoms with Crippen molar-refractivity contribution < 1.29 is 50.9 Å². The normalized spacial score (nSPS) is 27.6. The minimum absolute atomic E-state index is 0.0944. The molecule has 2 heterocycles. The first-order valence-corrected chi connectivity index (χ1v) is 39.4. The fourth-order valence-corrected chi connectivity index (χ4v) is 13.1. The molecule has 0 N–H and O–H groups in total. The van der Waals surface area contributed by atoms with Crippen LogP contribution in [0.2, 0.25) is 90.2 Å². The van der Waals surface area contributed by atoms with Crippen LogP contribution in [0.3, 0.4) is 0 Å². The van der Waals surface area contributed by atoms with Gasteiger partial charge in [0.1, 0.15) is 56.1 Å². The van der Waals surface area contributed by atoms with Gasteiger partial charge in [-0.1, -0.05) is 129 Å². The molecule has 3 aromatic carbocycles. The van der Waals surface area contributed by atoms with Gasteiger partial charge in [0.2, 0.25) is 0 Å². The van der Waals surface area contributed by atoms with Crippen LogP contribution >= 0.6 is 0 Å². The highest BCUT2D eigenvalue weighted by Crippen LogP contribution is 2.49. The number of ether oxygens (including phenoxy) is 7. The van der Waals surface area contributed by atoms with Crippen molar-refractivity contribution >= 4 is 40.5 Å². The van der Waals surface area contributed by atoms with Gasteiger partial charge in [0.25, 0.3) is 0 Å². The molecule has 16 heteroatoms. The molecule has 6 rings (SSSR count). The third kappa shape index (κ3) is 18.4. The van der Waals surface area contributed by atoms with Crippen molar-refractivity contribution in [3.8, 4) is 0 Å². The molecular formula is C54H86BO11Si4. The van der Waals surface area contributed by atoms with Gasteiger partial charge < -0.3 is 50.9 Å². The molecular weight excluding hydrogens is 948 g/mol. The molecule has 1 radical (unpaired) electrons. The second-order valence-corrected chi connectivity index (χ2v) is 41.1. The molecule has 2 aliphatic heterocycles. The first-order valence-electron chi connectivity index (χ1n) is 25.8.